The number of hydrogen-bond donors (Lipinski definition) is 2. The van der Waals surface area contributed by atoms with Gasteiger partial charge in [-0.25, -0.2) is 0 Å². The van der Waals surface area contributed by atoms with E-state index < -0.39 is 11.4 Å². The Bertz CT molecular complexity index is 347. The SMILES string of the molecule is CCC(C)N(CC(=O)O)C(=O)CNC(=O)C(C)(C)C. The maximum atomic E-state index is 12.0. The third-order valence-corrected chi connectivity index (χ3v) is 2.83. The zero-order valence-corrected chi connectivity index (χ0v) is 12.3. The fourth-order valence-electron chi connectivity index (χ4n) is 1.38. The van der Waals surface area contributed by atoms with E-state index in [2.05, 4.69) is 5.32 Å². The molecular formula is C13H24N2O4. The Labute approximate surface area is 114 Å². The third kappa shape index (κ3) is 6.22. The van der Waals surface area contributed by atoms with Crippen molar-refractivity contribution in [2.75, 3.05) is 13.1 Å². The lowest BCUT2D eigenvalue weighted by Gasteiger charge is -2.27. The van der Waals surface area contributed by atoms with Gasteiger partial charge in [-0.2, -0.15) is 0 Å². The van der Waals surface area contributed by atoms with Gasteiger partial charge in [-0.1, -0.05) is 27.7 Å². The van der Waals surface area contributed by atoms with E-state index in [4.69, 9.17) is 5.11 Å². The molecule has 0 saturated heterocycles. The molecule has 0 aromatic heterocycles. The Morgan fingerprint density at radius 1 is 1.26 bits per heavy atom. The average molecular weight is 272 g/mol. The van der Waals surface area contributed by atoms with Crippen LogP contribution < -0.4 is 5.32 Å². The first kappa shape index (κ1) is 17.4. The summed E-state index contributed by atoms with van der Waals surface area (Å²) in [7, 11) is 0. The van der Waals surface area contributed by atoms with E-state index in [1.165, 1.54) is 4.90 Å². The van der Waals surface area contributed by atoms with E-state index in [0.29, 0.717) is 6.42 Å². The van der Waals surface area contributed by atoms with E-state index in [0.717, 1.165) is 0 Å². The molecule has 0 aliphatic carbocycles. The van der Waals surface area contributed by atoms with Crippen molar-refractivity contribution in [3.8, 4) is 0 Å². The molecule has 0 aromatic rings. The Morgan fingerprint density at radius 3 is 2.16 bits per heavy atom. The number of amides is 2. The lowest BCUT2D eigenvalue weighted by molar-refractivity contribution is -0.146. The van der Waals surface area contributed by atoms with Gasteiger partial charge in [-0.05, 0) is 13.3 Å². The highest BCUT2D eigenvalue weighted by Crippen LogP contribution is 2.12. The third-order valence-electron chi connectivity index (χ3n) is 2.83. The number of carboxylic acid groups (broad SMARTS) is 1. The minimum Gasteiger partial charge on any atom is -0.480 e. The van der Waals surface area contributed by atoms with Crippen LogP contribution in [-0.2, 0) is 14.4 Å². The molecule has 0 spiro atoms. The van der Waals surface area contributed by atoms with Gasteiger partial charge in [-0.3, -0.25) is 14.4 Å². The van der Waals surface area contributed by atoms with Gasteiger partial charge in [0, 0.05) is 11.5 Å². The van der Waals surface area contributed by atoms with Crippen molar-refractivity contribution >= 4 is 17.8 Å². The summed E-state index contributed by atoms with van der Waals surface area (Å²) in [6.07, 6.45) is 0.659. The van der Waals surface area contributed by atoms with Crippen molar-refractivity contribution in [3.63, 3.8) is 0 Å². The Kier molecular flexibility index (Phi) is 6.52. The molecule has 0 aliphatic heterocycles. The highest BCUT2D eigenvalue weighted by Gasteiger charge is 2.25. The molecule has 0 rings (SSSR count). The molecule has 1 atom stereocenters. The smallest absolute Gasteiger partial charge is 0.323 e. The van der Waals surface area contributed by atoms with Crippen molar-refractivity contribution in [1.82, 2.24) is 10.2 Å². The van der Waals surface area contributed by atoms with Crippen LogP contribution in [0.15, 0.2) is 0 Å². The van der Waals surface area contributed by atoms with Crippen LogP contribution in [-0.4, -0.2) is 46.9 Å². The number of carboxylic acids is 1. The first-order chi connectivity index (χ1) is 8.59. The molecule has 0 aromatic carbocycles. The minimum atomic E-state index is -1.06. The first-order valence-corrected chi connectivity index (χ1v) is 6.39. The minimum absolute atomic E-state index is 0.171. The quantitative estimate of drug-likeness (QED) is 0.751. The van der Waals surface area contributed by atoms with E-state index in [9.17, 15) is 14.4 Å². The molecule has 0 fully saturated rings. The summed E-state index contributed by atoms with van der Waals surface area (Å²) in [5, 5.41) is 11.3. The molecule has 19 heavy (non-hydrogen) atoms. The van der Waals surface area contributed by atoms with Crippen LogP contribution in [0, 0.1) is 5.41 Å². The Balaban J connectivity index is 4.57. The van der Waals surface area contributed by atoms with Gasteiger partial charge in [0.2, 0.25) is 11.8 Å². The number of carbonyl (C=O) groups is 3. The summed E-state index contributed by atoms with van der Waals surface area (Å²) < 4.78 is 0. The number of nitrogens with zero attached hydrogens (tertiary/aromatic N) is 1. The van der Waals surface area contributed by atoms with Crippen molar-refractivity contribution < 1.29 is 19.5 Å². The highest BCUT2D eigenvalue weighted by molar-refractivity contribution is 5.88. The molecular weight excluding hydrogens is 248 g/mol. The second-order valence-corrected chi connectivity index (χ2v) is 5.61. The summed E-state index contributed by atoms with van der Waals surface area (Å²) in [6, 6.07) is -0.171. The lowest BCUT2D eigenvalue weighted by Crippen LogP contribution is -2.48. The fourth-order valence-corrected chi connectivity index (χ4v) is 1.38. The first-order valence-electron chi connectivity index (χ1n) is 6.39. The van der Waals surface area contributed by atoms with Gasteiger partial charge >= 0.3 is 5.97 Å². The van der Waals surface area contributed by atoms with Gasteiger partial charge in [0.25, 0.3) is 0 Å². The van der Waals surface area contributed by atoms with Crippen LogP contribution in [0.25, 0.3) is 0 Å². The summed E-state index contributed by atoms with van der Waals surface area (Å²) >= 11 is 0. The molecule has 2 amide bonds. The van der Waals surface area contributed by atoms with E-state index in [1.54, 1.807) is 27.7 Å². The van der Waals surface area contributed by atoms with Crippen LogP contribution >= 0.6 is 0 Å². The number of nitrogens with one attached hydrogen (secondary N) is 1. The van der Waals surface area contributed by atoms with E-state index >= 15 is 0 Å². The Hall–Kier alpha value is -1.59. The van der Waals surface area contributed by atoms with Gasteiger partial charge in [0.05, 0.1) is 6.54 Å². The predicted molar refractivity (Wildman–Crippen MR) is 71.6 cm³/mol. The number of carbonyl (C=O) groups excluding carboxylic acids is 2. The summed E-state index contributed by atoms with van der Waals surface area (Å²) in [6.45, 7) is 8.38. The van der Waals surface area contributed by atoms with Crippen LogP contribution in [0.5, 0.6) is 0 Å². The molecule has 0 radical (unpaired) electrons. The second-order valence-electron chi connectivity index (χ2n) is 5.61. The molecule has 0 aliphatic rings. The monoisotopic (exact) mass is 272 g/mol. The number of hydrogen-bond acceptors (Lipinski definition) is 3. The predicted octanol–water partition coefficient (Wildman–Crippen LogP) is 0.860. The molecule has 6 nitrogen and oxygen atoms in total. The number of aliphatic carboxylic acids is 1. The summed E-state index contributed by atoms with van der Waals surface area (Å²) in [4.78, 5) is 35.6. The topological polar surface area (TPSA) is 86.7 Å². The van der Waals surface area contributed by atoms with Gasteiger partial charge < -0.3 is 15.3 Å². The molecule has 0 saturated carbocycles. The number of rotatable bonds is 6. The fraction of sp³-hybridized carbons (Fsp3) is 0.769. The van der Waals surface area contributed by atoms with Gasteiger partial charge in [-0.15, -0.1) is 0 Å². The zero-order valence-electron chi connectivity index (χ0n) is 12.3. The second kappa shape index (κ2) is 7.11. The van der Waals surface area contributed by atoms with Gasteiger partial charge in [0.1, 0.15) is 6.54 Å². The van der Waals surface area contributed by atoms with Crippen LogP contribution in [0.1, 0.15) is 41.0 Å². The lowest BCUT2D eigenvalue weighted by atomic mass is 9.96. The van der Waals surface area contributed by atoms with Crippen LogP contribution in [0.2, 0.25) is 0 Å². The molecule has 110 valence electrons. The highest BCUT2D eigenvalue weighted by atomic mass is 16.4. The normalized spacial score (nSPS) is 12.7. The summed E-state index contributed by atoms with van der Waals surface area (Å²) in [5.74, 6) is -1.68. The van der Waals surface area contributed by atoms with Crippen LogP contribution in [0.3, 0.4) is 0 Å². The maximum absolute atomic E-state index is 12.0. The molecule has 2 N–H and O–H groups in total. The van der Waals surface area contributed by atoms with E-state index in [1.807, 2.05) is 6.92 Å². The average Bonchev–Trinajstić information content (AvgIpc) is 2.30. The van der Waals surface area contributed by atoms with Gasteiger partial charge in [0.15, 0.2) is 0 Å². The van der Waals surface area contributed by atoms with Crippen molar-refractivity contribution in [2.24, 2.45) is 5.41 Å². The Morgan fingerprint density at radius 2 is 1.79 bits per heavy atom. The van der Waals surface area contributed by atoms with E-state index in [-0.39, 0.29) is 30.9 Å². The van der Waals surface area contributed by atoms with Crippen molar-refractivity contribution in [1.29, 1.82) is 0 Å². The molecule has 1 unspecified atom stereocenters. The molecule has 0 heterocycles. The van der Waals surface area contributed by atoms with Crippen molar-refractivity contribution in [2.45, 2.75) is 47.1 Å². The largest absolute Gasteiger partial charge is 0.480 e. The molecule has 0 bridgehead atoms. The standard InChI is InChI=1S/C13H24N2O4/c1-6-9(2)15(8-11(17)18)10(16)7-14-12(19)13(3,4)5/h9H,6-8H2,1-5H3,(H,14,19)(H,17,18). The zero-order chi connectivity index (χ0) is 15.2. The molecule has 6 heteroatoms. The summed E-state index contributed by atoms with van der Waals surface area (Å²) in [5.41, 5.74) is -0.575. The maximum Gasteiger partial charge on any atom is 0.323 e. The van der Waals surface area contributed by atoms with Crippen molar-refractivity contribution in [3.05, 3.63) is 0 Å². The van der Waals surface area contributed by atoms with Crippen LogP contribution in [0.4, 0.5) is 0 Å².